The number of benzene rings is 2. The first-order chi connectivity index (χ1) is 10.5. The van der Waals surface area contributed by atoms with E-state index in [1.165, 1.54) is 16.7 Å². The summed E-state index contributed by atoms with van der Waals surface area (Å²) in [4.78, 5) is 0. The van der Waals surface area contributed by atoms with E-state index in [-0.39, 0.29) is 11.6 Å². The highest BCUT2D eigenvalue weighted by Gasteiger charge is 2.33. The molecular weight excluding hydrogens is 274 g/mol. The average molecular weight is 297 g/mol. The van der Waals surface area contributed by atoms with Crippen LogP contribution < -0.4 is 14.8 Å². The Morgan fingerprint density at radius 2 is 1.64 bits per heavy atom. The van der Waals surface area contributed by atoms with Crippen LogP contribution in [0.15, 0.2) is 42.5 Å². The van der Waals surface area contributed by atoms with Crippen molar-refractivity contribution in [1.29, 1.82) is 0 Å². The largest absolute Gasteiger partial charge is 0.493 e. The minimum atomic E-state index is 0.0348. The molecule has 22 heavy (non-hydrogen) atoms. The van der Waals surface area contributed by atoms with Crippen LogP contribution in [0.1, 0.15) is 36.6 Å². The standard InChI is InChI=1S/C19H23NO2/c1-19(2)12-14-10-16(21-3)17(22-4)11-15(14)18(20-19)13-8-6-5-7-9-13/h5-11,18,20H,12H2,1-4H3. The Balaban J connectivity index is 2.15. The topological polar surface area (TPSA) is 30.5 Å². The van der Waals surface area contributed by atoms with Gasteiger partial charge in [-0.25, -0.2) is 0 Å². The minimum Gasteiger partial charge on any atom is -0.493 e. The summed E-state index contributed by atoms with van der Waals surface area (Å²) in [6.45, 7) is 4.48. The second-order valence-corrected chi connectivity index (χ2v) is 6.45. The fraction of sp³-hybridized carbons (Fsp3) is 0.368. The van der Waals surface area contributed by atoms with Crippen LogP contribution in [-0.4, -0.2) is 19.8 Å². The molecule has 1 atom stereocenters. The second kappa shape index (κ2) is 5.65. The molecule has 3 nitrogen and oxygen atoms in total. The van der Waals surface area contributed by atoms with Crippen LogP contribution >= 0.6 is 0 Å². The highest BCUT2D eigenvalue weighted by molar-refractivity contribution is 5.52. The smallest absolute Gasteiger partial charge is 0.161 e. The summed E-state index contributed by atoms with van der Waals surface area (Å²) in [5.74, 6) is 1.58. The molecule has 0 bridgehead atoms. The van der Waals surface area contributed by atoms with Crippen molar-refractivity contribution in [3.8, 4) is 11.5 Å². The predicted octanol–water partition coefficient (Wildman–Crippen LogP) is 3.72. The number of ether oxygens (including phenoxy) is 2. The van der Waals surface area contributed by atoms with Crippen molar-refractivity contribution in [2.75, 3.05) is 14.2 Å². The summed E-state index contributed by atoms with van der Waals surface area (Å²) in [7, 11) is 3.37. The zero-order valence-corrected chi connectivity index (χ0v) is 13.6. The summed E-state index contributed by atoms with van der Waals surface area (Å²) < 4.78 is 11.0. The van der Waals surface area contributed by atoms with E-state index in [0.29, 0.717) is 0 Å². The van der Waals surface area contributed by atoms with Crippen molar-refractivity contribution >= 4 is 0 Å². The van der Waals surface area contributed by atoms with Gasteiger partial charge in [-0.1, -0.05) is 30.3 Å². The van der Waals surface area contributed by atoms with Crippen molar-refractivity contribution in [1.82, 2.24) is 5.32 Å². The third kappa shape index (κ3) is 2.69. The van der Waals surface area contributed by atoms with Crippen molar-refractivity contribution in [3.63, 3.8) is 0 Å². The normalized spacial score (nSPS) is 19.4. The highest BCUT2D eigenvalue weighted by Crippen LogP contribution is 2.40. The van der Waals surface area contributed by atoms with E-state index in [2.05, 4.69) is 55.6 Å². The molecule has 1 aliphatic rings. The molecule has 3 rings (SSSR count). The average Bonchev–Trinajstić information content (AvgIpc) is 2.53. The Bertz CT molecular complexity index is 665. The molecule has 0 saturated carbocycles. The molecule has 3 heteroatoms. The van der Waals surface area contributed by atoms with Crippen molar-refractivity contribution in [2.45, 2.75) is 31.8 Å². The number of hydrogen-bond donors (Lipinski definition) is 1. The molecule has 1 aliphatic heterocycles. The van der Waals surface area contributed by atoms with Gasteiger partial charge in [-0.05, 0) is 49.1 Å². The molecule has 1 N–H and O–H groups in total. The Morgan fingerprint density at radius 1 is 1.00 bits per heavy atom. The number of methoxy groups -OCH3 is 2. The van der Waals surface area contributed by atoms with Gasteiger partial charge in [0, 0.05) is 5.54 Å². The molecule has 0 aromatic heterocycles. The molecule has 0 spiro atoms. The predicted molar refractivity (Wildman–Crippen MR) is 88.7 cm³/mol. The zero-order valence-electron chi connectivity index (χ0n) is 13.6. The summed E-state index contributed by atoms with van der Waals surface area (Å²) in [6.07, 6.45) is 0.964. The molecular formula is C19H23NO2. The molecule has 0 aliphatic carbocycles. The zero-order chi connectivity index (χ0) is 15.7. The fourth-order valence-electron chi connectivity index (χ4n) is 3.26. The first-order valence-corrected chi connectivity index (χ1v) is 7.61. The van der Waals surface area contributed by atoms with E-state index < -0.39 is 0 Å². The SMILES string of the molecule is COc1cc2c(cc1OC)C(c1ccccc1)NC(C)(C)C2. The first kappa shape index (κ1) is 14.9. The molecule has 1 heterocycles. The van der Waals surface area contributed by atoms with E-state index in [1.54, 1.807) is 14.2 Å². The van der Waals surface area contributed by atoms with Crippen LogP contribution in [-0.2, 0) is 6.42 Å². The van der Waals surface area contributed by atoms with E-state index in [1.807, 2.05) is 6.07 Å². The molecule has 2 aromatic carbocycles. The minimum absolute atomic E-state index is 0.0348. The monoisotopic (exact) mass is 297 g/mol. The highest BCUT2D eigenvalue weighted by atomic mass is 16.5. The van der Waals surface area contributed by atoms with Gasteiger partial charge in [0.2, 0.25) is 0 Å². The van der Waals surface area contributed by atoms with E-state index in [4.69, 9.17) is 9.47 Å². The van der Waals surface area contributed by atoms with Gasteiger partial charge in [0.1, 0.15) is 0 Å². The van der Waals surface area contributed by atoms with Gasteiger partial charge >= 0.3 is 0 Å². The molecule has 0 amide bonds. The quantitative estimate of drug-likeness (QED) is 0.936. The number of fused-ring (bicyclic) bond motifs is 1. The third-order valence-corrected chi connectivity index (χ3v) is 4.26. The van der Waals surface area contributed by atoms with Crippen LogP contribution in [0.4, 0.5) is 0 Å². The molecule has 1 unspecified atom stereocenters. The van der Waals surface area contributed by atoms with Crippen molar-refractivity contribution in [3.05, 3.63) is 59.2 Å². The van der Waals surface area contributed by atoms with Gasteiger partial charge in [-0.15, -0.1) is 0 Å². The maximum atomic E-state index is 5.49. The second-order valence-electron chi connectivity index (χ2n) is 6.45. The van der Waals surface area contributed by atoms with Gasteiger partial charge in [0.15, 0.2) is 11.5 Å². The van der Waals surface area contributed by atoms with Gasteiger partial charge in [0.25, 0.3) is 0 Å². The van der Waals surface area contributed by atoms with Gasteiger partial charge < -0.3 is 14.8 Å². The van der Waals surface area contributed by atoms with Crippen molar-refractivity contribution in [2.24, 2.45) is 0 Å². The molecule has 0 fully saturated rings. The molecule has 2 aromatic rings. The molecule has 116 valence electrons. The van der Waals surface area contributed by atoms with Crippen LogP contribution in [0, 0.1) is 0 Å². The van der Waals surface area contributed by atoms with E-state index >= 15 is 0 Å². The third-order valence-electron chi connectivity index (χ3n) is 4.26. The Kier molecular flexibility index (Phi) is 3.83. The molecule has 0 radical (unpaired) electrons. The number of rotatable bonds is 3. The van der Waals surface area contributed by atoms with Crippen LogP contribution in [0.2, 0.25) is 0 Å². The van der Waals surface area contributed by atoms with Crippen molar-refractivity contribution < 1.29 is 9.47 Å². The lowest BCUT2D eigenvalue weighted by Crippen LogP contribution is -2.47. The van der Waals surface area contributed by atoms with Gasteiger partial charge in [-0.2, -0.15) is 0 Å². The lowest BCUT2D eigenvalue weighted by Gasteiger charge is -2.39. The van der Waals surface area contributed by atoms with E-state index in [9.17, 15) is 0 Å². The maximum absolute atomic E-state index is 5.49. The molecule has 0 saturated heterocycles. The lowest BCUT2D eigenvalue weighted by molar-refractivity contribution is 0.324. The summed E-state index contributed by atoms with van der Waals surface area (Å²) >= 11 is 0. The van der Waals surface area contributed by atoms with E-state index in [0.717, 1.165) is 17.9 Å². The number of nitrogens with one attached hydrogen (secondary N) is 1. The fourth-order valence-corrected chi connectivity index (χ4v) is 3.26. The lowest BCUT2D eigenvalue weighted by atomic mass is 9.81. The Hall–Kier alpha value is -2.00. The summed E-state index contributed by atoms with van der Waals surface area (Å²) in [5, 5.41) is 3.76. The Morgan fingerprint density at radius 3 is 2.27 bits per heavy atom. The number of hydrogen-bond acceptors (Lipinski definition) is 3. The first-order valence-electron chi connectivity index (χ1n) is 7.61. The maximum Gasteiger partial charge on any atom is 0.161 e. The van der Waals surface area contributed by atoms with Gasteiger partial charge in [0.05, 0.1) is 20.3 Å². The van der Waals surface area contributed by atoms with Gasteiger partial charge in [-0.3, -0.25) is 0 Å². The van der Waals surface area contributed by atoms with Crippen LogP contribution in [0.25, 0.3) is 0 Å². The van der Waals surface area contributed by atoms with Crippen LogP contribution in [0.3, 0.4) is 0 Å². The van der Waals surface area contributed by atoms with Crippen LogP contribution in [0.5, 0.6) is 11.5 Å². The Labute approximate surface area is 132 Å². The summed E-state index contributed by atoms with van der Waals surface area (Å²) in [6, 6.07) is 14.9. The summed E-state index contributed by atoms with van der Waals surface area (Å²) in [5.41, 5.74) is 3.88.